The van der Waals surface area contributed by atoms with Gasteiger partial charge in [0.05, 0.1) is 24.0 Å². The van der Waals surface area contributed by atoms with Crippen LogP contribution in [0.25, 0.3) is 10.9 Å². The summed E-state index contributed by atoms with van der Waals surface area (Å²) < 4.78 is 5.44. The van der Waals surface area contributed by atoms with Crippen molar-refractivity contribution in [1.29, 1.82) is 0 Å². The summed E-state index contributed by atoms with van der Waals surface area (Å²) in [7, 11) is 0. The van der Waals surface area contributed by atoms with Crippen molar-refractivity contribution in [2.24, 2.45) is 0 Å². The molecular weight excluding hydrogens is 260 g/mol. The third kappa shape index (κ3) is 3.31. The smallest absolute Gasteiger partial charge is 0.119 e. The van der Waals surface area contributed by atoms with Crippen molar-refractivity contribution in [2.75, 3.05) is 11.9 Å². The molecule has 0 fully saturated rings. The summed E-state index contributed by atoms with van der Waals surface area (Å²) in [5, 5.41) is 4.55. The van der Waals surface area contributed by atoms with Gasteiger partial charge in [-0.25, -0.2) is 0 Å². The number of ether oxygens (including phenoxy) is 1. The number of aromatic nitrogens is 1. The molecular formula is C18H18N2O. The van der Waals surface area contributed by atoms with E-state index in [2.05, 4.69) is 34.6 Å². The van der Waals surface area contributed by atoms with Gasteiger partial charge in [-0.05, 0) is 36.8 Å². The van der Waals surface area contributed by atoms with E-state index in [-0.39, 0.29) is 0 Å². The highest BCUT2D eigenvalue weighted by molar-refractivity contribution is 5.81. The molecule has 21 heavy (non-hydrogen) atoms. The van der Waals surface area contributed by atoms with Crippen molar-refractivity contribution >= 4 is 16.6 Å². The van der Waals surface area contributed by atoms with Crippen LogP contribution >= 0.6 is 0 Å². The Balaban J connectivity index is 1.68. The monoisotopic (exact) mass is 278 g/mol. The van der Waals surface area contributed by atoms with Crippen LogP contribution in [0.1, 0.15) is 12.5 Å². The summed E-state index contributed by atoms with van der Waals surface area (Å²) in [6.45, 7) is 3.45. The van der Waals surface area contributed by atoms with Crippen LogP contribution in [0.5, 0.6) is 5.75 Å². The minimum atomic E-state index is 0.695. The quantitative estimate of drug-likeness (QED) is 0.757. The molecule has 0 aliphatic carbocycles. The lowest BCUT2D eigenvalue weighted by molar-refractivity contribution is 0.340. The highest BCUT2D eigenvalue weighted by Crippen LogP contribution is 2.17. The number of rotatable bonds is 5. The van der Waals surface area contributed by atoms with Crippen LogP contribution in [-0.4, -0.2) is 11.6 Å². The fraction of sp³-hybridized carbons (Fsp3) is 0.167. The van der Waals surface area contributed by atoms with E-state index in [1.54, 1.807) is 0 Å². The standard InChI is InChI=1S/C18H18N2O/c1-2-21-17-9-7-14(8-10-17)12-19-16-11-15-5-3-4-6-18(15)20-13-16/h3-11,13,19H,2,12H2,1H3. The summed E-state index contributed by atoms with van der Waals surface area (Å²) in [4.78, 5) is 4.45. The molecule has 0 aliphatic rings. The molecule has 1 N–H and O–H groups in total. The molecule has 106 valence electrons. The minimum absolute atomic E-state index is 0.695. The molecule has 3 rings (SSSR count). The van der Waals surface area contributed by atoms with Gasteiger partial charge in [-0.3, -0.25) is 4.98 Å². The van der Waals surface area contributed by atoms with Gasteiger partial charge in [0.15, 0.2) is 0 Å². The number of hydrogen-bond acceptors (Lipinski definition) is 3. The molecule has 0 aliphatic heterocycles. The van der Waals surface area contributed by atoms with E-state index in [0.29, 0.717) is 6.61 Å². The lowest BCUT2D eigenvalue weighted by atomic mass is 10.2. The molecule has 0 amide bonds. The van der Waals surface area contributed by atoms with Crippen molar-refractivity contribution < 1.29 is 4.74 Å². The predicted octanol–water partition coefficient (Wildman–Crippen LogP) is 4.25. The Morgan fingerprint density at radius 1 is 1.05 bits per heavy atom. The Morgan fingerprint density at radius 2 is 1.86 bits per heavy atom. The van der Waals surface area contributed by atoms with Crippen LogP contribution in [0.3, 0.4) is 0 Å². The Bertz CT molecular complexity index is 723. The minimum Gasteiger partial charge on any atom is -0.494 e. The molecule has 3 nitrogen and oxygen atoms in total. The Hall–Kier alpha value is -2.55. The average molecular weight is 278 g/mol. The average Bonchev–Trinajstić information content (AvgIpc) is 2.54. The maximum absolute atomic E-state index is 5.44. The van der Waals surface area contributed by atoms with Crippen LogP contribution in [0.4, 0.5) is 5.69 Å². The van der Waals surface area contributed by atoms with E-state index >= 15 is 0 Å². The molecule has 1 aromatic heterocycles. The molecule has 0 bridgehead atoms. The van der Waals surface area contributed by atoms with E-state index in [1.165, 1.54) is 5.56 Å². The Kier molecular flexibility index (Phi) is 4.01. The maximum Gasteiger partial charge on any atom is 0.119 e. The SMILES string of the molecule is CCOc1ccc(CNc2cnc3ccccc3c2)cc1. The van der Waals surface area contributed by atoms with Gasteiger partial charge in [-0.1, -0.05) is 30.3 Å². The van der Waals surface area contributed by atoms with Crippen molar-refractivity contribution in [3.63, 3.8) is 0 Å². The van der Waals surface area contributed by atoms with Crippen LogP contribution < -0.4 is 10.1 Å². The zero-order chi connectivity index (χ0) is 14.5. The normalized spacial score (nSPS) is 10.5. The lowest BCUT2D eigenvalue weighted by Gasteiger charge is -2.08. The maximum atomic E-state index is 5.44. The zero-order valence-corrected chi connectivity index (χ0v) is 12.0. The fourth-order valence-electron chi connectivity index (χ4n) is 2.24. The Morgan fingerprint density at radius 3 is 2.67 bits per heavy atom. The number of nitrogens with one attached hydrogen (secondary N) is 1. The Labute approximate surface area is 124 Å². The summed E-state index contributed by atoms with van der Waals surface area (Å²) in [6, 6.07) is 18.4. The second-order valence-corrected chi connectivity index (χ2v) is 4.85. The van der Waals surface area contributed by atoms with Gasteiger partial charge in [-0.2, -0.15) is 0 Å². The van der Waals surface area contributed by atoms with Gasteiger partial charge in [0.25, 0.3) is 0 Å². The number of benzene rings is 2. The second kappa shape index (κ2) is 6.27. The van der Waals surface area contributed by atoms with Crippen molar-refractivity contribution in [3.05, 3.63) is 66.4 Å². The van der Waals surface area contributed by atoms with E-state index < -0.39 is 0 Å². The first-order valence-electron chi connectivity index (χ1n) is 7.15. The molecule has 2 aromatic carbocycles. The number of pyridine rings is 1. The first-order chi connectivity index (χ1) is 10.3. The molecule has 0 spiro atoms. The molecule has 3 heteroatoms. The van der Waals surface area contributed by atoms with Crippen LogP contribution in [0, 0.1) is 0 Å². The summed E-state index contributed by atoms with van der Waals surface area (Å²) in [5.41, 5.74) is 3.26. The lowest BCUT2D eigenvalue weighted by Crippen LogP contribution is -2.00. The van der Waals surface area contributed by atoms with Crippen LogP contribution in [0.2, 0.25) is 0 Å². The number of para-hydroxylation sites is 1. The first kappa shape index (κ1) is 13.4. The van der Waals surface area contributed by atoms with Gasteiger partial charge in [0.2, 0.25) is 0 Å². The van der Waals surface area contributed by atoms with Crippen LogP contribution in [-0.2, 0) is 6.54 Å². The van der Waals surface area contributed by atoms with Gasteiger partial charge in [0, 0.05) is 11.9 Å². The van der Waals surface area contributed by atoms with Gasteiger partial charge >= 0.3 is 0 Å². The number of fused-ring (bicyclic) bond motifs is 1. The second-order valence-electron chi connectivity index (χ2n) is 4.85. The number of hydrogen-bond donors (Lipinski definition) is 1. The van der Waals surface area contributed by atoms with Gasteiger partial charge < -0.3 is 10.1 Å². The zero-order valence-electron chi connectivity index (χ0n) is 12.0. The fourth-order valence-corrected chi connectivity index (χ4v) is 2.24. The predicted molar refractivity (Wildman–Crippen MR) is 86.7 cm³/mol. The molecule has 1 heterocycles. The number of anilines is 1. The van der Waals surface area contributed by atoms with E-state index in [0.717, 1.165) is 28.9 Å². The molecule has 3 aromatic rings. The van der Waals surface area contributed by atoms with E-state index in [1.807, 2.05) is 43.5 Å². The third-order valence-corrected chi connectivity index (χ3v) is 3.32. The topological polar surface area (TPSA) is 34.1 Å². The largest absolute Gasteiger partial charge is 0.494 e. The number of nitrogens with zero attached hydrogens (tertiary/aromatic N) is 1. The highest BCUT2D eigenvalue weighted by atomic mass is 16.5. The van der Waals surface area contributed by atoms with Crippen LogP contribution in [0.15, 0.2) is 60.8 Å². The molecule has 0 saturated carbocycles. The first-order valence-corrected chi connectivity index (χ1v) is 7.15. The summed E-state index contributed by atoms with van der Waals surface area (Å²) in [5.74, 6) is 0.911. The highest BCUT2D eigenvalue weighted by Gasteiger charge is 1.98. The molecule has 0 unspecified atom stereocenters. The molecule has 0 atom stereocenters. The van der Waals surface area contributed by atoms with Gasteiger partial charge in [0.1, 0.15) is 5.75 Å². The summed E-state index contributed by atoms with van der Waals surface area (Å²) >= 11 is 0. The van der Waals surface area contributed by atoms with Crippen molar-refractivity contribution in [3.8, 4) is 5.75 Å². The molecule has 0 saturated heterocycles. The van der Waals surface area contributed by atoms with Crippen molar-refractivity contribution in [2.45, 2.75) is 13.5 Å². The summed E-state index contributed by atoms with van der Waals surface area (Å²) in [6.07, 6.45) is 1.87. The van der Waals surface area contributed by atoms with E-state index in [4.69, 9.17) is 4.74 Å². The molecule has 0 radical (unpaired) electrons. The van der Waals surface area contributed by atoms with Crippen molar-refractivity contribution in [1.82, 2.24) is 4.98 Å². The van der Waals surface area contributed by atoms with E-state index in [9.17, 15) is 0 Å². The van der Waals surface area contributed by atoms with Gasteiger partial charge in [-0.15, -0.1) is 0 Å². The third-order valence-electron chi connectivity index (χ3n) is 3.32.